The maximum Gasteiger partial charge on any atom is 0.139 e. The van der Waals surface area contributed by atoms with Crippen molar-refractivity contribution in [2.75, 3.05) is 13.7 Å². The summed E-state index contributed by atoms with van der Waals surface area (Å²) < 4.78 is 11.7. The molecule has 1 heterocycles. The number of carbonyl (C=O) groups excluding carboxylic acids is 1. The number of hydrogen-bond acceptors (Lipinski definition) is 3. The van der Waals surface area contributed by atoms with Gasteiger partial charge in [-0.25, -0.2) is 0 Å². The molecule has 1 aliphatic rings. The minimum absolute atomic E-state index is 0.128. The van der Waals surface area contributed by atoms with Gasteiger partial charge in [-0.05, 0) is 52.9 Å². The van der Waals surface area contributed by atoms with Crippen LogP contribution in [0, 0.1) is 0 Å². The van der Waals surface area contributed by atoms with Crippen molar-refractivity contribution < 1.29 is 14.3 Å². The summed E-state index contributed by atoms with van der Waals surface area (Å²) in [5.74, 6) is 1.02. The van der Waals surface area contributed by atoms with Crippen LogP contribution in [-0.4, -0.2) is 25.6 Å². The Morgan fingerprint density at radius 1 is 1.47 bits per heavy atom. The number of hydrogen-bond donors (Lipinski definition) is 0. The van der Waals surface area contributed by atoms with Crippen LogP contribution in [0.15, 0.2) is 22.7 Å². The van der Waals surface area contributed by atoms with Gasteiger partial charge in [0, 0.05) is 19.4 Å². The lowest BCUT2D eigenvalue weighted by Gasteiger charge is -2.21. The maximum atomic E-state index is 12.0. The molecule has 0 N–H and O–H groups in total. The van der Waals surface area contributed by atoms with Crippen molar-refractivity contribution >= 4 is 21.7 Å². The fraction of sp³-hybridized carbons (Fsp3) is 0.533. The van der Waals surface area contributed by atoms with Crippen LogP contribution in [0.1, 0.15) is 31.2 Å². The normalized spacial score (nSPS) is 19.2. The van der Waals surface area contributed by atoms with Gasteiger partial charge in [-0.1, -0.05) is 6.07 Å². The Kier molecular flexibility index (Phi) is 5.40. The molecule has 0 amide bonds. The number of carbonyl (C=O) groups is 1. The number of halogens is 1. The molecule has 0 spiro atoms. The fourth-order valence-electron chi connectivity index (χ4n) is 2.34. The summed E-state index contributed by atoms with van der Waals surface area (Å²) in [7, 11) is 1.63. The smallest absolute Gasteiger partial charge is 0.139 e. The Hall–Kier alpha value is -0.870. The minimum atomic E-state index is 0.128. The summed E-state index contributed by atoms with van der Waals surface area (Å²) in [6.45, 7) is 0.798. The Balaban J connectivity index is 1.89. The Morgan fingerprint density at radius 2 is 2.32 bits per heavy atom. The van der Waals surface area contributed by atoms with Crippen molar-refractivity contribution in [1.82, 2.24) is 0 Å². The molecule has 1 aliphatic heterocycles. The van der Waals surface area contributed by atoms with E-state index in [0.29, 0.717) is 12.8 Å². The van der Waals surface area contributed by atoms with E-state index in [1.54, 1.807) is 7.11 Å². The molecule has 104 valence electrons. The highest BCUT2D eigenvalue weighted by molar-refractivity contribution is 9.10. The monoisotopic (exact) mass is 326 g/mol. The number of rotatable bonds is 5. The van der Waals surface area contributed by atoms with Gasteiger partial charge in [-0.3, -0.25) is 4.79 Å². The zero-order chi connectivity index (χ0) is 13.7. The lowest BCUT2D eigenvalue weighted by atomic mass is 10.00. The molecule has 0 bridgehead atoms. The molecule has 1 atom stereocenters. The van der Waals surface area contributed by atoms with Gasteiger partial charge in [0.1, 0.15) is 11.5 Å². The summed E-state index contributed by atoms with van der Waals surface area (Å²) in [5.41, 5.74) is 1.01. The predicted octanol–water partition coefficient (Wildman–Crippen LogP) is 3.53. The van der Waals surface area contributed by atoms with Gasteiger partial charge in [0.15, 0.2) is 0 Å². The molecule has 4 heteroatoms. The lowest BCUT2D eigenvalue weighted by molar-refractivity contribution is -0.122. The number of benzene rings is 1. The summed E-state index contributed by atoms with van der Waals surface area (Å²) in [6.07, 6.45) is 4.43. The first-order chi connectivity index (χ1) is 9.19. The second-order valence-corrected chi connectivity index (χ2v) is 5.73. The van der Waals surface area contributed by atoms with Crippen LogP contribution in [0.25, 0.3) is 0 Å². The van der Waals surface area contributed by atoms with E-state index in [1.807, 2.05) is 18.2 Å². The average Bonchev–Trinajstić information content (AvgIpc) is 2.40. The molecule has 3 nitrogen and oxygen atoms in total. The maximum absolute atomic E-state index is 12.0. The summed E-state index contributed by atoms with van der Waals surface area (Å²) >= 11 is 3.43. The van der Waals surface area contributed by atoms with Crippen molar-refractivity contribution in [1.29, 1.82) is 0 Å². The molecular formula is C15H19BrO3. The summed E-state index contributed by atoms with van der Waals surface area (Å²) in [6, 6.07) is 5.76. The van der Waals surface area contributed by atoms with Crippen LogP contribution in [-0.2, 0) is 16.0 Å². The van der Waals surface area contributed by atoms with Crippen LogP contribution < -0.4 is 4.74 Å². The quantitative estimate of drug-likeness (QED) is 0.830. The summed E-state index contributed by atoms with van der Waals surface area (Å²) in [5, 5.41) is 0. The van der Waals surface area contributed by atoms with Crippen LogP contribution in [0.3, 0.4) is 0 Å². The largest absolute Gasteiger partial charge is 0.496 e. The fourth-order valence-corrected chi connectivity index (χ4v) is 2.93. The van der Waals surface area contributed by atoms with Crippen molar-refractivity contribution in [3.63, 3.8) is 0 Å². The molecule has 1 aromatic rings. The van der Waals surface area contributed by atoms with Gasteiger partial charge in [0.05, 0.1) is 17.7 Å². The molecule has 1 unspecified atom stereocenters. The van der Waals surface area contributed by atoms with Gasteiger partial charge >= 0.3 is 0 Å². The number of methoxy groups -OCH3 is 1. The third-order valence-electron chi connectivity index (χ3n) is 3.35. The van der Waals surface area contributed by atoms with Crippen LogP contribution in [0.5, 0.6) is 5.75 Å². The molecule has 1 aromatic carbocycles. The van der Waals surface area contributed by atoms with E-state index in [4.69, 9.17) is 9.47 Å². The second kappa shape index (κ2) is 7.06. The van der Waals surface area contributed by atoms with E-state index < -0.39 is 0 Å². The Morgan fingerprint density at radius 3 is 2.95 bits per heavy atom. The van der Waals surface area contributed by atoms with Gasteiger partial charge in [-0.2, -0.15) is 0 Å². The second-order valence-electron chi connectivity index (χ2n) is 4.88. The van der Waals surface area contributed by atoms with E-state index in [0.717, 1.165) is 35.2 Å². The molecule has 0 radical (unpaired) electrons. The van der Waals surface area contributed by atoms with Gasteiger partial charge in [0.25, 0.3) is 0 Å². The van der Waals surface area contributed by atoms with E-state index >= 15 is 0 Å². The van der Waals surface area contributed by atoms with Gasteiger partial charge < -0.3 is 9.47 Å². The van der Waals surface area contributed by atoms with Crippen molar-refractivity contribution in [2.24, 2.45) is 0 Å². The van der Waals surface area contributed by atoms with E-state index in [2.05, 4.69) is 15.9 Å². The zero-order valence-electron chi connectivity index (χ0n) is 11.2. The Labute approximate surface area is 122 Å². The van der Waals surface area contributed by atoms with E-state index in [1.165, 1.54) is 6.42 Å². The average molecular weight is 327 g/mol. The number of Topliss-reactive ketones (excluding diaryl/α,β-unsaturated/α-hetero) is 1. The molecule has 2 rings (SSSR count). The van der Waals surface area contributed by atoms with Gasteiger partial charge in [0.2, 0.25) is 0 Å². The first kappa shape index (κ1) is 14.5. The highest BCUT2D eigenvalue weighted by Crippen LogP contribution is 2.26. The topological polar surface area (TPSA) is 35.5 Å². The first-order valence-electron chi connectivity index (χ1n) is 6.65. The highest BCUT2D eigenvalue weighted by atomic mass is 79.9. The highest BCUT2D eigenvalue weighted by Gasteiger charge is 2.17. The van der Waals surface area contributed by atoms with Crippen LogP contribution >= 0.6 is 15.9 Å². The standard InChI is InChI=1S/C15H19BrO3/c1-18-15-6-5-11(9-14(15)16)8-12(17)10-13-4-2-3-7-19-13/h5-6,9,13H,2-4,7-8,10H2,1H3. The van der Waals surface area contributed by atoms with Crippen molar-refractivity contribution in [3.05, 3.63) is 28.2 Å². The Bertz CT molecular complexity index is 439. The van der Waals surface area contributed by atoms with Crippen LogP contribution in [0.2, 0.25) is 0 Å². The van der Waals surface area contributed by atoms with Crippen molar-refractivity contribution in [3.8, 4) is 5.75 Å². The minimum Gasteiger partial charge on any atom is -0.496 e. The lowest BCUT2D eigenvalue weighted by Crippen LogP contribution is -2.23. The van der Waals surface area contributed by atoms with Crippen LogP contribution in [0.4, 0.5) is 0 Å². The number of ketones is 1. The third-order valence-corrected chi connectivity index (χ3v) is 3.97. The third kappa shape index (κ3) is 4.32. The number of ether oxygens (including phenoxy) is 2. The van der Waals surface area contributed by atoms with Crippen molar-refractivity contribution in [2.45, 2.75) is 38.2 Å². The van der Waals surface area contributed by atoms with E-state index in [-0.39, 0.29) is 11.9 Å². The van der Waals surface area contributed by atoms with E-state index in [9.17, 15) is 4.79 Å². The molecule has 0 aromatic heterocycles. The zero-order valence-corrected chi connectivity index (χ0v) is 12.7. The molecule has 19 heavy (non-hydrogen) atoms. The molecule has 0 saturated carbocycles. The molecular weight excluding hydrogens is 308 g/mol. The predicted molar refractivity (Wildman–Crippen MR) is 77.6 cm³/mol. The SMILES string of the molecule is COc1ccc(CC(=O)CC2CCCCO2)cc1Br. The molecule has 1 saturated heterocycles. The van der Waals surface area contributed by atoms with Gasteiger partial charge in [-0.15, -0.1) is 0 Å². The molecule has 0 aliphatic carbocycles. The molecule has 1 fully saturated rings. The summed E-state index contributed by atoms with van der Waals surface area (Å²) in [4.78, 5) is 12.0. The first-order valence-corrected chi connectivity index (χ1v) is 7.44.